The zero-order chi connectivity index (χ0) is 14.0. The molecule has 1 N–H and O–H groups in total. The third-order valence-corrected chi connectivity index (χ3v) is 5.40. The van der Waals surface area contributed by atoms with Gasteiger partial charge in [-0.1, -0.05) is 30.9 Å². The largest absolute Gasteiger partial charge is 0.329 e. The third-order valence-electron chi connectivity index (χ3n) is 3.73. The van der Waals surface area contributed by atoms with E-state index in [9.17, 15) is 14.0 Å². The van der Waals surface area contributed by atoms with E-state index >= 15 is 0 Å². The maximum absolute atomic E-state index is 13.5. The van der Waals surface area contributed by atoms with Gasteiger partial charge in [-0.25, -0.2) is 4.79 Å². The molecular formula is C12H16ClFN2O2S. The quantitative estimate of drug-likeness (QED) is 0.872. The summed E-state index contributed by atoms with van der Waals surface area (Å²) in [5.74, 6) is -1.09. The van der Waals surface area contributed by atoms with Crippen molar-refractivity contribution in [3.05, 3.63) is 31.8 Å². The van der Waals surface area contributed by atoms with E-state index in [1.165, 1.54) is 6.42 Å². The lowest BCUT2D eigenvalue weighted by molar-refractivity contribution is 0.346. The summed E-state index contributed by atoms with van der Waals surface area (Å²) in [5.41, 5.74) is -1.58. The number of rotatable bonds is 3. The van der Waals surface area contributed by atoms with Crippen LogP contribution in [0.4, 0.5) is 4.39 Å². The second kappa shape index (κ2) is 5.71. The standard InChI is InChI=1S/C12H16ClFN2O2S/c1-19-12(5-3-2-4-6-12)7-16-10(17)8(14)9(13)15-11(16)18/h2-7H2,1H3,(H,15,18). The van der Waals surface area contributed by atoms with Gasteiger partial charge in [0.25, 0.3) is 5.56 Å². The molecule has 0 radical (unpaired) electrons. The van der Waals surface area contributed by atoms with Crippen molar-refractivity contribution in [3.8, 4) is 0 Å². The molecule has 0 saturated heterocycles. The summed E-state index contributed by atoms with van der Waals surface area (Å²) in [6, 6.07) is 0. The van der Waals surface area contributed by atoms with Crippen LogP contribution in [0, 0.1) is 5.82 Å². The minimum Gasteiger partial charge on any atom is -0.295 e. The number of hydrogen-bond acceptors (Lipinski definition) is 3. The van der Waals surface area contributed by atoms with Crippen LogP contribution in [0.3, 0.4) is 0 Å². The Morgan fingerprint density at radius 2 is 2.00 bits per heavy atom. The highest BCUT2D eigenvalue weighted by Gasteiger charge is 2.33. The highest BCUT2D eigenvalue weighted by molar-refractivity contribution is 8.00. The molecule has 1 aromatic rings. The Morgan fingerprint density at radius 1 is 1.37 bits per heavy atom. The van der Waals surface area contributed by atoms with Gasteiger partial charge in [0.05, 0.1) is 0 Å². The number of aromatic amines is 1. The summed E-state index contributed by atoms with van der Waals surface area (Å²) in [5, 5.41) is -0.520. The van der Waals surface area contributed by atoms with E-state index in [0.29, 0.717) is 0 Å². The monoisotopic (exact) mass is 306 g/mol. The lowest BCUT2D eigenvalue weighted by Gasteiger charge is -2.35. The molecule has 7 heteroatoms. The second-order valence-corrected chi connectivity index (χ2v) is 6.55. The normalized spacial score (nSPS) is 18.5. The van der Waals surface area contributed by atoms with Crippen LogP contribution in [-0.4, -0.2) is 20.6 Å². The van der Waals surface area contributed by atoms with E-state index in [-0.39, 0.29) is 11.3 Å². The van der Waals surface area contributed by atoms with Crippen LogP contribution >= 0.6 is 23.4 Å². The van der Waals surface area contributed by atoms with E-state index in [0.717, 1.165) is 30.3 Å². The maximum Gasteiger partial charge on any atom is 0.329 e. The smallest absolute Gasteiger partial charge is 0.295 e. The molecule has 0 amide bonds. The van der Waals surface area contributed by atoms with E-state index in [1.54, 1.807) is 11.8 Å². The van der Waals surface area contributed by atoms with Crippen molar-refractivity contribution in [2.45, 2.75) is 43.4 Å². The number of nitrogens with one attached hydrogen (secondary N) is 1. The van der Waals surface area contributed by atoms with E-state index < -0.39 is 22.2 Å². The molecule has 1 aliphatic carbocycles. The van der Waals surface area contributed by atoms with Gasteiger partial charge in [-0.05, 0) is 19.1 Å². The van der Waals surface area contributed by atoms with Crippen molar-refractivity contribution in [3.63, 3.8) is 0 Å². The Hall–Kier alpha value is -0.750. The highest BCUT2D eigenvalue weighted by Crippen LogP contribution is 2.39. The molecule has 1 heterocycles. The number of hydrogen-bond donors (Lipinski definition) is 1. The lowest BCUT2D eigenvalue weighted by Crippen LogP contribution is -2.44. The first kappa shape index (κ1) is 14.7. The minimum atomic E-state index is -1.09. The van der Waals surface area contributed by atoms with E-state index in [1.807, 2.05) is 6.26 Å². The molecule has 1 fully saturated rings. The fourth-order valence-electron chi connectivity index (χ4n) is 2.58. The molecule has 0 aromatic carbocycles. The van der Waals surface area contributed by atoms with Gasteiger partial charge < -0.3 is 0 Å². The summed E-state index contributed by atoms with van der Waals surface area (Å²) in [4.78, 5) is 25.8. The van der Waals surface area contributed by atoms with Crippen LogP contribution < -0.4 is 11.2 Å². The van der Waals surface area contributed by atoms with Crippen LogP contribution in [0.2, 0.25) is 5.15 Å². The Bertz CT molecular complexity index is 578. The molecule has 0 aliphatic heterocycles. The van der Waals surface area contributed by atoms with Crippen molar-refractivity contribution in [2.75, 3.05) is 6.26 Å². The molecular weight excluding hydrogens is 291 g/mol. The molecule has 1 saturated carbocycles. The molecule has 0 atom stereocenters. The van der Waals surface area contributed by atoms with Crippen molar-refractivity contribution >= 4 is 23.4 Å². The van der Waals surface area contributed by atoms with Crippen molar-refractivity contribution in [1.82, 2.24) is 9.55 Å². The Kier molecular flexibility index (Phi) is 4.40. The fourth-order valence-corrected chi connectivity index (χ4v) is 3.69. The van der Waals surface area contributed by atoms with Gasteiger partial charge in [-0.15, -0.1) is 0 Å². The minimum absolute atomic E-state index is 0.157. The highest BCUT2D eigenvalue weighted by atomic mass is 35.5. The number of H-pyrrole nitrogens is 1. The first-order valence-electron chi connectivity index (χ1n) is 6.22. The second-order valence-electron chi connectivity index (χ2n) is 4.90. The van der Waals surface area contributed by atoms with Crippen LogP contribution in [0.5, 0.6) is 0 Å². The van der Waals surface area contributed by atoms with Crippen molar-refractivity contribution in [2.24, 2.45) is 0 Å². The molecule has 1 aliphatic rings. The number of halogens is 2. The zero-order valence-electron chi connectivity index (χ0n) is 10.7. The van der Waals surface area contributed by atoms with Crippen LogP contribution in [-0.2, 0) is 6.54 Å². The number of nitrogens with zero attached hydrogens (tertiary/aromatic N) is 1. The van der Waals surface area contributed by atoms with Gasteiger partial charge in [0.1, 0.15) is 0 Å². The van der Waals surface area contributed by atoms with Crippen LogP contribution in [0.1, 0.15) is 32.1 Å². The number of thioether (sulfide) groups is 1. The van der Waals surface area contributed by atoms with Gasteiger partial charge in [0.15, 0.2) is 5.15 Å². The summed E-state index contributed by atoms with van der Waals surface area (Å²) >= 11 is 7.10. The fraction of sp³-hybridized carbons (Fsp3) is 0.667. The predicted molar refractivity (Wildman–Crippen MR) is 75.6 cm³/mol. The Labute approximate surface area is 119 Å². The molecule has 0 bridgehead atoms. The van der Waals surface area contributed by atoms with Crippen molar-refractivity contribution in [1.29, 1.82) is 0 Å². The summed E-state index contributed by atoms with van der Waals surface area (Å²) in [6.45, 7) is 0.233. The molecule has 1 aromatic heterocycles. The number of aromatic nitrogens is 2. The average Bonchev–Trinajstić information content (AvgIpc) is 2.42. The van der Waals surface area contributed by atoms with E-state index in [4.69, 9.17) is 11.6 Å². The van der Waals surface area contributed by atoms with Gasteiger partial charge in [0, 0.05) is 11.3 Å². The molecule has 19 heavy (non-hydrogen) atoms. The summed E-state index contributed by atoms with van der Waals surface area (Å²) in [7, 11) is 0. The van der Waals surface area contributed by atoms with E-state index in [2.05, 4.69) is 4.98 Å². The zero-order valence-corrected chi connectivity index (χ0v) is 12.2. The maximum atomic E-state index is 13.5. The predicted octanol–water partition coefficient (Wildman–Crippen LogP) is 2.40. The Morgan fingerprint density at radius 3 is 2.58 bits per heavy atom. The first-order valence-corrected chi connectivity index (χ1v) is 7.83. The lowest BCUT2D eigenvalue weighted by atomic mass is 9.88. The molecule has 2 rings (SSSR count). The topological polar surface area (TPSA) is 54.9 Å². The Balaban J connectivity index is 2.40. The van der Waals surface area contributed by atoms with Gasteiger partial charge in [0.2, 0.25) is 5.82 Å². The third kappa shape index (κ3) is 2.89. The van der Waals surface area contributed by atoms with Gasteiger partial charge in [-0.2, -0.15) is 16.2 Å². The van der Waals surface area contributed by atoms with Crippen molar-refractivity contribution < 1.29 is 4.39 Å². The average molecular weight is 307 g/mol. The van der Waals surface area contributed by atoms with Crippen LogP contribution in [0.25, 0.3) is 0 Å². The first-order chi connectivity index (χ1) is 8.99. The van der Waals surface area contributed by atoms with Crippen LogP contribution in [0.15, 0.2) is 9.59 Å². The summed E-state index contributed by atoms with van der Waals surface area (Å²) < 4.78 is 14.3. The molecule has 4 nitrogen and oxygen atoms in total. The molecule has 0 spiro atoms. The molecule has 0 unspecified atom stereocenters. The van der Waals surface area contributed by atoms with Gasteiger partial charge >= 0.3 is 5.69 Å². The molecule has 106 valence electrons. The van der Waals surface area contributed by atoms with Gasteiger partial charge in [-0.3, -0.25) is 14.3 Å². The SMILES string of the molecule is CSC1(Cn2c(=O)[nH]c(Cl)c(F)c2=O)CCCCC1. The summed E-state index contributed by atoms with van der Waals surface area (Å²) in [6.07, 6.45) is 7.15.